The zero-order valence-corrected chi connectivity index (χ0v) is 14.6. The highest BCUT2D eigenvalue weighted by molar-refractivity contribution is 8.01. The van der Waals surface area contributed by atoms with E-state index in [4.69, 9.17) is 4.74 Å². The molecule has 3 rings (SSSR count). The van der Waals surface area contributed by atoms with Gasteiger partial charge in [-0.2, -0.15) is 0 Å². The molecule has 0 saturated carbocycles. The Morgan fingerprint density at radius 3 is 2.84 bits per heavy atom. The van der Waals surface area contributed by atoms with E-state index in [0.29, 0.717) is 12.2 Å². The Kier molecular flexibility index (Phi) is 4.99. The predicted octanol–water partition coefficient (Wildman–Crippen LogP) is 1.44. The lowest BCUT2D eigenvalue weighted by Crippen LogP contribution is -2.47. The van der Waals surface area contributed by atoms with Crippen molar-refractivity contribution in [2.24, 2.45) is 0 Å². The summed E-state index contributed by atoms with van der Waals surface area (Å²) < 4.78 is 17.9. The predicted molar refractivity (Wildman–Crippen MR) is 89.9 cm³/mol. The Balaban J connectivity index is 1.46. The topological polar surface area (TPSA) is 75.7 Å². The lowest BCUT2D eigenvalue weighted by atomic mass is 10.2. The number of hydrogen-bond donors (Lipinski definition) is 1. The quantitative estimate of drug-likeness (QED) is 0.798. The van der Waals surface area contributed by atoms with Gasteiger partial charge >= 0.3 is 5.97 Å². The maximum atomic E-state index is 12.8. The molecule has 2 fully saturated rings. The highest BCUT2D eigenvalue weighted by atomic mass is 32.2. The molecule has 6 nitrogen and oxygen atoms in total. The largest absolute Gasteiger partial charge is 0.454 e. The summed E-state index contributed by atoms with van der Waals surface area (Å²) in [5, 5.41) is 2.60. The first-order valence-corrected chi connectivity index (χ1v) is 9.01. The van der Waals surface area contributed by atoms with Crippen LogP contribution in [0.5, 0.6) is 0 Å². The molecule has 2 aliphatic rings. The lowest BCUT2D eigenvalue weighted by Gasteiger charge is -2.29. The summed E-state index contributed by atoms with van der Waals surface area (Å²) in [6.07, 6.45) is 1.16. The van der Waals surface area contributed by atoms with Crippen molar-refractivity contribution in [3.8, 4) is 0 Å². The highest BCUT2D eigenvalue weighted by Gasteiger charge is 2.53. The van der Waals surface area contributed by atoms with Crippen molar-refractivity contribution in [1.29, 1.82) is 0 Å². The molecule has 0 radical (unpaired) electrons. The van der Waals surface area contributed by atoms with Gasteiger partial charge in [0.15, 0.2) is 6.61 Å². The average molecular weight is 366 g/mol. The first-order valence-electron chi connectivity index (χ1n) is 8.03. The molecule has 1 aromatic carbocycles. The van der Waals surface area contributed by atoms with Crippen molar-refractivity contribution in [3.63, 3.8) is 0 Å². The van der Waals surface area contributed by atoms with Crippen LogP contribution in [-0.2, 0) is 25.7 Å². The van der Waals surface area contributed by atoms with Crippen molar-refractivity contribution in [3.05, 3.63) is 35.6 Å². The monoisotopic (exact) mass is 366 g/mol. The Bertz CT molecular complexity index is 696. The van der Waals surface area contributed by atoms with Gasteiger partial charge in [0.2, 0.25) is 5.91 Å². The number of fused-ring (bicyclic) bond motifs is 1. The van der Waals surface area contributed by atoms with Gasteiger partial charge in [-0.25, -0.2) is 9.18 Å². The molecule has 25 heavy (non-hydrogen) atoms. The van der Waals surface area contributed by atoms with Crippen molar-refractivity contribution in [2.75, 3.05) is 12.4 Å². The molecule has 0 spiro atoms. The Morgan fingerprint density at radius 1 is 1.40 bits per heavy atom. The van der Waals surface area contributed by atoms with E-state index >= 15 is 0 Å². The Morgan fingerprint density at radius 2 is 2.12 bits per heavy atom. The molecule has 0 bridgehead atoms. The second-order valence-electron chi connectivity index (χ2n) is 6.28. The summed E-state index contributed by atoms with van der Waals surface area (Å²) in [7, 11) is 0. The number of esters is 1. The summed E-state index contributed by atoms with van der Waals surface area (Å²) in [5.74, 6) is -0.905. The van der Waals surface area contributed by atoms with Gasteiger partial charge in [-0.05, 0) is 31.0 Å². The zero-order chi connectivity index (χ0) is 18.0. The molecule has 0 unspecified atom stereocenters. The molecule has 2 heterocycles. The maximum absolute atomic E-state index is 12.8. The summed E-state index contributed by atoms with van der Waals surface area (Å²) in [6, 6.07) is 5.12. The minimum atomic E-state index is -0.630. The fourth-order valence-electron chi connectivity index (χ4n) is 3.08. The van der Waals surface area contributed by atoms with E-state index in [-0.39, 0.29) is 23.1 Å². The number of carbonyl (C=O) groups excluding carboxylic acids is 3. The molecule has 2 atom stereocenters. The minimum absolute atomic E-state index is 0.0461. The van der Waals surface area contributed by atoms with E-state index < -0.39 is 24.5 Å². The van der Waals surface area contributed by atoms with Gasteiger partial charge in [-0.15, -0.1) is 11.8 Å². The first kappa shape index (κ1) is 17.7. The van der Waals surface area contributed by atoms with Crippen LogP contribution in [0.15, 0.2) is 24.3 Å². The fourth-order valence-corrected chi connectivity index (χ4v) is 4.50. The number of rotatable bonds is 5. The lowest BCUT2D eigenvalue weighted by molar-refractivity contribution is -0.156. The number of hydrogen-bond acceptors (Lipinski definition) is 5. The molecule has 2 aliphatic heterocycles. The molecular weight excluding hydrogens is 347 g/mol. The van der Waals surface area contributed by atoms with Gasteiger partial charge in [-0.1, -0.05) is 12.1 Å². The molecule has 2 amide bonds. The SMILES string of the molecule is C[C@@]12CCC(=O)N1[C@H](C(=O)OCC(=O)NCc1ccc(F)cc1)CS2. The summed E-state index contributed by atoms with van der Waals surface area (Å²) in [5.41, 5.74) is 0.742. The van der Waals surface area contributed by atoms with Crippen molar-refractivity contribution >= 4 is 29.5 Å². The first-order chi connectivity index (χ1) is 11.9. The van der Waals surface area contributed by atoms with E-state index in [0.717, 1.165) is 12.0 Å². The van der Waals surface area contributed by atoms with Crippen LogP contribution in [0.1, 0.15) is 25.3 Å². The zero-order valence-electron chi connectivity index (χ0n) is 13.8. The highest BCUT2D eigenvalue weighted by Crippen LogP contribution is 2.47. The number of thioether (sulfide) groups is 1. The third-order valence-corrected chi connectivity index (χ3v) is 5.97. The summed E-state index contributed by atoms with van der Waals surface area (Å²) in [6.45, 7) is 1.77. The molecule has 1 N–H and O–H groups in total. The van der Waals surface area contributed by atoms with Crippen molar-refractivity contribution in [2.45, 2.75) is 37.2 Å². The molecule has 8 heteroatoms. The third-order valence-electron chi connectivity index (χ3n) is 4.47. The molecule has 0 aromatic heterocycles. The average Bonchev–Trinajstić information content (AvgIpc) is 3.08. The molecular formula is C17H19FN2O4S. The van der Waals surface area contributed by atoms with Crippen LogP contribution in [-0.4, -0.2) is 46.0 Å². The van der Waals surface area contributed by atoms with E-state index in [9.17, 15) is 18.8 Å². The van der Waals surface area contributed by atoms with Crippen LogP contribution >= 0.6 is 11.8 Å². The summed E-state index contributed by atoms with van der Waals surface area (Å²) >= 11 is 1.57. The van der Waals surface area contributed by atoms with Crippen LogP contribution in [0.25, 0.3) is 0 Å². The standard InChI is InChI=1S/C17H19FN2O4S/c1-17-7-6-15(22)20(17)13(10-25-17)16(23)24-9-14(21)19-8-11-2-4-12(18)5-3-11/h2-5,13H,6-10H2,1H3,(H,19,21)/t13-,17+/m0/s1. The van der Waals surface area contributed by atoms with Gasteiger partial charge in [0.25, 0.3) is 5.91 Å². The second kappa shape index (κ2) is 7.03. The van der Waals surface area contributed by atoms with E-state index in [1.807, 2.05) is 6.92 Å². The molecule has 134 valence electrons. The molecule has 1 aromatic rings. The van der Waals surface area contributed by atoms with Crippen LogP contribution in [0.2, 0.25) is 0 Å². The fraction of sp³-hybridized carbons (Fsp3) is 0.471. The van der Waals surface area contributed by atoms with Crippen LogP contribution in [0.3, 0.4) is 0 Å². The third kappa shape index (κ3) is 3.78. The summed E-state index contributed by atoms with van der Waals surface area (Å²) in [4.78, 5) is 37.3. The smallest absolute Gasteiger partial charge is 0.330 e. The van der Waals surface area contributed by atoms with Crippen molar-refractivity contribution < 1.29 is 23.5 Å². The molecule has 0 aliphatic carbocycles. The van der Waals surface area contributed by atoms with E-state index in [1.54, 1.807) is 28.8 Å². The Labute approximate surface area is 149 Å². The van der Waals surface area contributed by atoms with Crippen LogP contribution in [0, 0.1) is 5.82 Å². The van der Waals surface area contributed by atoms with Gasteiger partial charge in [0, 0.05) is 18.7 Å². The van der Waals surface area contributed by atoms with Gasteiger partial charge < -0.3 is 15.0 Å². The van der Waals surface area contributed by atoms with Gasteiger partial charge in [0.05, 0.1) is 4.87 Å². The molecule has 2 saturated heterocycles. The van der Waals surface area contributed by atoms with E-state index in [2.05, 4.69) is 5.32 Å². The van der Waals surface area contributed by atoms with Crippen LogP contribution < -0.4 is 5.32 Å². The maximum Gasteiger partial charge on any atom is 0.330 e. The minimum Gasteiger partial charge on any atom is -0.454 e. The van der Waals surface area contributed by atoms with Crippen LogP contribution in [0.4, 0.5) is 4.39 Å². The van der Waals surface area contributed by atoms with Crippen molar-refractivity contribution in [1.82, 2.24) is 10.2 Å². The normalized spacial score (nSPS) is 25.0. The number of amides is 2. The number of nitrogens with zero attached hydrogens (tertiary/aromatic N) is 1. The van der Waals surface area contributed by atoms with Gasteiger partial charge in [0.1, 0.15) is 11.9 Å². The Hall–Kier alpha value is -2.09. The number of nitrogens with one attached hydrogen (secondary N) is 1. The van der Waals surface area contributed by atoms with Gasteiger partial charge in [-0.3, -0.25) is 9.59 Å². The number of benzene rings is 1. The number of ether oxygens (including phenoxy) is 1. The number of halogens is 1. The number of carbonyl (C=O) groups is 3. The second-order valence-corrected chi connectivity index (χ2v) is 7.78. The van der Waals surface area contributed by atoms with E-state index in [1.165, 1.54) is 12.1 Å².